The van der Waals surface area contributed by atoms with E-state index in [9.17, 15) is 0 Å². The van der Waals surface area contributed by atoms with Gasteiger partial charge in [-0.05, 0) is 5.56 Å². The second-order valence-corrected chi connectivity index (χ2v) is 4.24. The van der Waals surface area contributed by atoms with Gasteiger partial charge in [0.2, 0.25) is 6.20 Å². The average Bonchev–Trinajstić information content (AvgIpc) is 2.42. The molecule has 1 aromatic carbocycles. The second-order valence-electron chi connectivity index (χ2n) is 3.86. The summed E-state index contributed by atoms with van der Waals surface area (Å²) in [5.74, 6) is 0.659. The SMILES string of the molecule is CO[n+]1ccc(OCc2ccccc2)c(Cl)c1C. The molecule has 1 heterocycles. The summed E-state index contributed by atoms with van der Waals surface area (Å²) in [7, 11) is 1.59. The lowest BCUT2D eigenvalue weighted by atomic mass is 10.2. The molecule has 2 aromatic rings. The Morgan fingerprint density at radius 2 is 1.89 bits per heavy atom. The lowest BCUT2D eigenvalue weighted by molar-refractivity contribution is -0.889. The van der Waals surface area contributed by atoms with E-state index in [0.29, 0.717) is 17.4 Å². The Hall–Kier alpha value is -1.74. The maximum Gasteiger partial charge on any atom is 0.253 e. The largest absolute Gasteiger partial charge is 0.487 e. The number of halogens is 1. The molecular weight excluding hydrogens is 250 g/mol. The molecule has 0 unspecified atom stereocenters. The maximum absolute atomic E-state index is 6.22. The number of aromatic nitrogens is 1. The molecule has 18 heavy (non-hydrogen) atoms. The zero-order chi connectivity index (χ0) is 13.0. The fraction of sp³-hybridized carbons (Fsp3) is 0.214. The summed E-state index contributed by atoms with van der Waals surface area (Å²) in [6, 6.07) is 11.8. The number of pyridine rings is 1. The molecule has 0 atom stereocenters. The molecule has 0 radical (unpaired) electrons. The van der Waals surface area contributed by atoms with Crippen LogP contribution in [0.4, 0.5) is 0 Å². The molecule has 94 valence electrons. The molecule has 0 bridgehead atoms. The standard InChI is InChI=1S/C14H15ClNO2/c1-11-14(15)13(8-9-16(11)17-2)18-10-12-6-4-3-5-7-12/h3-9H,10H2,1-2H3/q+1. The van der Waals surface area contributed by atoms with Crippen molar-refractivity contribution in [3.05, 3.63) is 58.9 Å². The summed E-state index contributed by atoms with van der Waals surface area (Å²) in [4.78, 5) is 5.12. The van der Waals surface area contributed by atoms with Gasteiger partial charge < -0.3 is 4.74 Å². The summed E-state index contributed by atoms with van der Waals surface area (Å²) >= 11 is 6.22. The van der Waals surface area contributed by atoms with Crippen molar-refractivity contribution >= 4 is 11.6 Å². The number of hydrogen-bond acceptors (Lipinski definition) is 2. The van der Waals surface area contributed by atoms with Crippen molar-refractivity contribution in [2.24, 2.45) is 0 Å². The number of benzene rings is 1. The van der Waals surface area contributed by atoms with Crippen molar-refractivity contribution in [3.8, 4) is 5.75 Å². The summed E-state index contributed by atoms with van der Waals surface area (Å²) in [6.07, 6.45) is 1.78. The summed E-state index contributed by atoms with van der Waals surface area (Å²) in [5.41, 5.74) is 1.92. The molecule has 0 saturated heterocycles. The van der Waals surface area contributed by atoms with Crippen LogP contribution in [0.3, 0.4) is 0 Å². The first-order valence-electron chi connectivity index (χ1n) is 5.64. The molecule has 0 amide bonds. The average molecular weight is 265 g/mol. The van der Waals surface area contributed by atoms with Gasteiger partial charge >= 0.3 is 0 Å². The van der Waals surface area contributed by atoms with Gasteiger partial charge in [0.25, 0.3) is 5.69 Å². The molecule has 0 aliphatic heterocycles. The molecule has 4 heteroatoms. The summed E-state index contributed by atoms with van der Waals surface area (Å²) < 4.78 is 7.30. The fourth-order valence-electron chi connectivity index (χ4n) is 1.64. The first-order chi connectivity index (χ1) is 8.72. The van der Waals surface area contributed by atoms with Crippen LogP contribution < -0.4 is 14.3 Å². The molecule has 0 fully saturated rings. The van der Waals surface area contributed by atoms with E-state index in [-0.39, 0.29) is 0 Å². The zero-order valence-electron chi connectivity index (χ0n) is 10.4. The minimum Gasteiger partial charge on any atom is -0.487 e. The lowest BCUT2D eigenvalue weighted by Crippen LogP contribution is -2.43. The van der Waals surface area contributed by atoms with Crippen LogP contribution in [0.1, 0.15) is 11.3 Å². The highest BCUT2D eigenvalue weighted by Gasteiger charge is 2.16. The van der Waals surface area contributed by atoms with Crippen LogP contribution in [0.25, 0.3) is 0 Å². The molecule has 0 aliphatic rings. The normalized spacial score (nSPS) is 10.2. The van der Waals surface area contributed by atoms with Crippen LogP contribution >= 0.6 is 11.6 Å². The summed E-state index contributed by atoms with van der Waals surface area (Å²) in [5, 5.41) is 0.565. The van der Waals surface area contributed by atoms with E-state index in [1.807, 2.05) is 37.3 Å². The lowest BCUT2D eigenvalue weighted by Gasteiger charge is -2.08. The Labute approximate surface area is 111 Å². The van der Waals surface area contributed by atoms with Crippen LogP contribution in [0.2, 0.25) is 5.02 Å². The van der Waals surface area contributed by atoms with Gasteiger partial charge in [-0.3, -0.25) is 4.84 Å². The Morgan fingerprint density at radius 3 is 2.56 bits per heavy atom. The van der Waals surface area contributed by atoms with Crippen molar-refractivity contribution in [2.45, 2.75) is 13.5 Å². The third kappa shape index (κ3) is 2.74. The molecule has 0 aliphatic carbocycles. The first kappa shape index (κ1) is 12.7. The van der Waals surface area contributed by atoms with Crippen LogP contribution in [-0.2, 0) is 6.61 Å². The van der Waals surface area contributed by atoms with E-state index in [4.69, 9.17) is 21.2 Å². The number of ether oxygens (including phenoxy) is 1. The minimum absolute atomic E-state index is 0.497. The van der Waals surface area contributed by atoms with Crippen molar-refractivity contribution in [2.75, 3.05) is 7.11 Å². The van der Waals surface area contributed by atoms with E-state index in [0.717, 1.165) is 11.3 Å². The van der Waals surface area contributed by atoms with Crippen molar-refractivity contribution < 1.29 is 14.3 Å². The van der Waals surface area contributed by atoms with Gasteiger partial charge in [-0.1, -0.05) is 41.9 Å². The van der Waals surface area contributed by atoms with E-state index >= 15 is 0 Å². The van der Waals surface area contributed by atoms with Gasteiger partial charge in [0.05, 0.1) is 6.07 Å². The van der Waals surface area contributed by atoms with Crippen LogP contribution in [0, 0.1) is 6.92 Å². The smallest absolute Gasteiger partial charge is 0.253 e. The molecule has 0 saturated carbocycles. The van der Waals surface area contributed by atoms with Crippen molar-refractivity contribution in [3.63, 3.8) is 0 Å². The van der Waals surface area contributed by atoms with Crippen molar-refractivity contribution in [1.29, 1.82) is 0 Å². The first-order valence-corrected chi connectivity index (χ1v) is 6.02. The number of hydrogen-bond donors (Lipinski definition) is 0. The maximum atomic E-state index is 6.22. The third-order valence-electron chi connectivity index (χ3n) is 2.66. The highest BCUT2D eigenvalue weighted by Crippen LogP contribution is 2.25. The van der Waals surface area contributed by atoms with Gasteiger partial charge in [-0.15, -0.1) is 0 Å². The van der Waals surface area contributed by atoms with Crippen LogP contribution in [0.15, 0.2) is 42.6 Å². The fourth-order valence-corrected chi connectivity index (χ4v) is 1.84. The zero-order valence-corrected chi connectivity index (χ0v) is 11.1. The van der Waals surface area contributed by atoms with Gasteiger partial charge in [0.15, 0.2) is 10.8 Å². The van der Waals surface area contributed by atoms with E-state index in [1.54, 1.807) is 24.1 Å². The Balaban J connectivity index is 2.13. The number of rotatable bonds is 4. The topological polar surface area (TPSA) is 22.3 Å². The molecule has 1 aromatic heterocycles. The van der Waals surface area contributed by atoms with Gasteiger partial charge in [0.1, 0.15) is 13.7 Å². The van der Waals surface area contributed by atoms with Crippen LogP contribution in [-0.4, -0.2) is 7.11 Å². The van der Waals surface area contributed by atoms with Crippen molar-refractivity contribution in [1.82, 2.24) is 0 Å². The summed E-state index contributed by atoms with van der Waals surface area (Å²) in [6.45, 7) is 2.37. The van der Waals surface area contributed by atoms with Gasteiger partial charge in [-0.2, -0.15) is 0 Å². The predicted molar refractivity (Wildman–Crippen MR) is 69.7 cm³/mol. The molecule has 0 N–H and O–H groups in total. The Kier molecular flexibility index (Phi) is 4.05. The quantitative estimate of drug-likeness (QED) is 0.792. The van der Waals surface area contributed by atoms with E-state index in [2.05, 4.69) is 0 Å². The third-order valence-corrected chi connectivity index (χ3v) is 3.12. The van der Waals surface area contributed by atoms with Gasteiger partial charge in [-0.25, -0.2) is 0 Å². The second kappa shape index (κ2) is 5.74. The highest BCUT2D eigenvalue weighted by molar-refractivity contribution is 6.32. The van der Waals surface area contributed by atoms with Crippen LogP contribution in [0.5, 0.6) is 5.75 Å². The van der Waals surface area contributed by atoms with Gasteiger partial charge in [0, 0.05) is 11.7 Å². The van der Waals surface area contributed by atoms with E-state index < -0.39 is 0 Å². The molecule has 3 nitrogen and oxygen atoms in total. The predicted octanol–water partition coefficient (Wildman–Crippen LogP) is 2.57. The van der Waals surface area contributed by atoms with E-state index in [1.165, 1.54) is 0 Å². The minimum atomic E-state index is 0.497. The monoisotopic (exact) mass is 264 g/mol. The highest BCUT2D eigenvalue weighted by atomic mass is 35.5. The Bertz CT molecular complexity index is 529. The Morgan fingerprint density at radius 1 is 1.17 bits per heavy atom. The molecular formula is C14H15ClNO2+. The molecule has 0 spiro atoms. The number of nitrogens with zero attached hydrogens (tertiary/aromatic N) is 1. The molecule has 2 rings (SSSR count).